The van der Waals surface area contributed by atoms with Crippen LogP contribution in [0, 0.1) is 11.7 Å². The lowest BCUT2D eigenvalue weighted by Gasteiger charge is -2.37. The quantitative estimate of drug-likeness (QED) is 0.657. The number of nitrogens with zero attached hydrogens (tertiary/aromatic N) is 2. The molecular weight excluding hydrogens is 393 g/mol. The molecule has 2 atom stereocenters. The van der Waals surface area contributed by atoms with Gasteiger partial charge in [-0.05, 0) is 74.2 Å². The van der Waals surface area contributed by atoms with Gasteiger partial charge in [-0.1, -0.05) is 38.1 Å². The van der Waals surface area contributed by atoms with Crippen LogP contribution in [-0.2, 0) is 13.1 Å². The number of hydrogen-bond acceptors (Lipinski definition) is 3. The predicted molar refractivity (Wildman–Crippen MR) is 121 cm³/mol. The van der Waals surface area contributed by atoms with Crippen LogP contribution >= 0.6 is 0 Å². The molecule has 0 aromatic heterocycles. The summed E-state index contributed by atoms with van der Waals surface area (Å²) in [4.78, 5) is 15.9. The monoisotopic (exact) mass is 434 g/mol. The lowest BCUT2D eigenvalue weighted by atomic mass is 10.0. The van der Waals surface area contributed by atoms with Crippen molar-refractivity contribution in [1.82, 2.24) is 15.1 Å². The molecule has 31 heavy (non-hydrogen) atoms. The Bertz CT molecular complexity index is 1120. The van der Waals surface area contributed by atoms with E-state index in [1.807, 2.05) is 13.8 Å². The van der Waals surface area contributed by atoms with Crippen LogP contribution < -0.4 is 10.1 Å². The standard InChI is InChI=1S/C25H34FN3O2/c1-19(2)18-31-24-10-6-20(7-11-24)16-27-25(30)29(23-12-14-28(3)15-13-23)17-21-4-8-22(26)9-5-21/h4-11,19,23H,12-18H2,1-3H3,(H,27,30)/i4D,5D,8D,9D,14D,15D2. The molecule has 0 radical (unpaired) electrons. The normalized spacial score (nSPS) is 24.1. The smallest absolute Gasteiger partial charge is 0.318 e. The SMILES string of the molecule is [2H]c1c([2H])c(CN(C(=O)NCc2ccc(OCC(C)C)cc2)C2CC([2H])N(C)C([2H])([2H])C2)c([2H])c([2H])c1F. The van der Waals surface area contributed by atoms with Crippen molar-refractivity contribution in [1.29, 1.82) is 0 Å². The van der Waals surface area contributed by atoms with Gasteiger partial charge in [0.05, 0.1) is 12.1 Å². The van der Waals surface area contributed by atoms with Crippen LogP contribution in [0.1, 0.15) is 47.4 Å². The van der Waals surface area contributed by atoms with Crippen LogP contribution in [0.15, 0.2) is 48.4 Å². The van der Waals surface area contributed by atoms with Crippen molar-refractivity contribution in [2.45, 2.75) is 45.8 Å². The van der Waals surface area contributed by atoms with Crippen LogP contribution in [0.2, 0.25) is 0 Å². The maximum Gasteiger partial charge on any atom is 0.318 e. The van der Waals surface area contributed by atoms with Crippen LogP contribution in [0.25, 0.3) is 0 Å². The number of rotatable bonds is 8. The van der Waals surface area contributed by atoms with Crippen molar-refractivity contribution in [2.24, 2.45) is 5.92 Å². The number of carbonyl (C=O) groups excluding carboxylic acids is 1. The fourth-order valence-electron chi connectivity index (χ4n) is 3.10. The third-order valence-corrected chi connectivity index (χ3v) is 4.85. The van der Waals surface area contributed by atoms with E-state index in [9.17, 15) is 9.18 Å². The van der Waals surface area contributed by atoms with Crippen molar-refractivity contribution >= 4 is 6.03 Å². The highest BCUT2D eigenvalue weighted by molar-refractivity contribution is 5.74. The molecular formula is C25H34FN3O2. The van der Waals surface area contributed by atoms with Crippen LogP contribution in [0.4, 0.5) is 9.18 Å². The van der Waals surface area contributed by atoms with E-state index in [1.54, 1.807) is 24.3 Å². The second-order valence-electron chi connectivity index (χ2n) is 7.97. The minimum Gasteiger partial charge on any atom is -0.493 e. The molecule has 0 aliphatic carbocycles. The molecule has 0 bridgehead atoms. The van der Waals surface area contributed by atoms with E-state index in [-0.39, 0.29) is 24.9 Å². The average Bonchev–Trinajstić information content (AvgIpc) is 2.87. The topological polar surface area (TPSA) is 44.8 Å². The summed E-state index contributed by atoms with van der Waals surface area (Å²) in [5.41, 5.74) is 0.600. The Kier molecular flexibility index (Phi) is 5.48. The first-order chi connectivity index (χ1) is 17.7. The van der Waals surface area contributed by atoms with Gasteiger partial charge >= 0.3 is 6.03 Å². The zero-order valence-electron chi connectivity index (χ0n) is 25.2. The molecule has 3 rings (SSSR count). The Balaban J connectivity index is 1.85. The van der Waals surface area contributed by atoms with Crippen LogP contribution in [-0.4, -0.2) is 48.5 Å². The highest BCUT2D eigenvalue weighted by Gasteiger charge is 2.27. The number of hydrogen-bond donors (Lipinski definition) is 1. The molecule has 1 heterocycles. The van der Waals surface area contributed by atoms with E-state index in [0.717, 1.165) is 5.56 Å². The molecule has 2 aromatic carbocycles. The summed E-state index contributed by atoms with van der Waals surface area (Å²) >= 11 is 0. The van der Waals surface area contributed by atoms with Gasteiger partial charge in [-0.3, -0.25) is 0 Å². The van der Waals surface area contributed by atoms with E-state index in [4.69, 9.17) is 14.3 Å². The first-order valence-electron chi connectivity index (χ1n) is 14.0. The lowest BCUT2D eigenvalue weighted by Crippen LogP contribution is -2.49. The molecule has 0 spiro atoms. The number of urea groups is 1. The zero-order chi connectivity index (χ0) is 28.4. The van der Waals surface area contributed by atoms with Crippen LogP contribution in [0.5, 0.6) is 5.75 Å². The van der Waals surface area contributed by atoms with Crippen molar-refractivity contribution in [2.75, 3.05) is 26.7 Å². The molecule has 6 heteroatoms. The molecule has 1 fully saturated rings. The fourth-order valence-corrected chi connectivity index (χ4v) is 3.10. The van der Waals surface area contributed by atoms with Gasteiger partial charge in [0.1, 0.15) is 11.6 Å². The second-order valence-corrected chi connectivity index (χ2v) is 7.97. The molecule has 1 aliphatic heterocycles. The van der Waals surface area contributed by atoms with Crippen molar-refractivity contribution in [3.05, 3.63) is 65.4 Å². The average molecular weight is 435 g/mol. The van der Waals surface area contributed by atoms with E-state index < -0.39 is 61.6 Å². The number of benzene rings is 2. The molecule has 2 unspecified atom stereocenters. The van der Waals surface area contributed by atoms with E-state index >= 15 is 0 Å². The first-order valence-corrected chi connectivity index (χ1v) is 10.4. The first kappa shape index (κ1) is 15.2. The van der Waals surface area contributed by atoms with Crippen molar-refractivity contribution in [3.8, 4) is 5.75 Å². The van der Waals surface area contributed by atoms with Gasteiger partial charge in [-0.15, -0.1) is 0 Å². The summed E-state index contributed by atoms with van der Waals surface area (Å²) in [6, 6.07) is 2.92. The predicted octanol–water partition coefficient (Wildman–Crippen LogP) is 4.67. The van der Waals surface area contributed by atoms with Gasteiger partial charge in [0, 0.05) is 23.2 Å². The summed E-state index contributed by atoms with van der Waals surface area (Å²) in [7, 11) is 1.50. The van der Waals surface area contributed by atoms with Gasteiger partial charge in [0.25, 0.3) is 0 Å². The molecule has 2 aromatic rings. The number of carbonyl (C=O) groups is 1. The molecule has 0 saturated carbocycles. The van der Waals surface area contributed by atoms with Gasteiger partial charge < -0.3 is 19.9 Å². The number of ether oxygens (including phenoxy) is 1. The Morgan fingerprint density at radius 3 is 2.61 bits per heavy atom. The van der Waals surface area contributed by atoms with Gasteiger partial charge in [-0.25, -0.2) is 9.18 Å². The largest absolute Gasteiger partial charge is 0.493 e. The maximum absolute atomic E-state index is 14.1. The number of amides is 2. The third-order valence-electron chi connectivity index (χ3n) is 4.85. The Hall–Kier alpha value is -2.60. The Morgan fingerprint density at radius 2 is 1.97 bits per heavy atom. The minimum atomic E-state index is -1.89. The minimum absolute atomic E-state index is 0.106. The molecule has 5 nitrogen and oxygen atoms in total. The van der Waals surface area contributed by atoms with Gasteiger partial charge in [0.2, 0.25) is 0 Å². The summed E-state index contributed by atoms with van der Waals surface area (Å²) in [5.74, 6) is -0.201. The molecule has 1 saturated heterocycles. The van der Waals surface area contributed by atoms with Crippen molar-refractivity contribution < 1.29 is 23.5 Å². The molecule has 168 valence electrons. The Morgan fingerprint density at radius 1 is 1.26 bits per heavy atom. The fraction of sp³-hybridized carbons (Fsp3) is 0.480. The summed E-state index contributed by atoms with van der Waals surface area (Å²) < 4.78 is 76.7. The zero-order valence-corrected chi connectivity index (χ0v) is 18.2. The number of likely N-dealkylation sites (tertiary alicyclic amines) is 1. The highest BCUT2D eigenvalue weighted by Crippen LogP contribution is 2.19. The van der Waals surface area contributed by atoms with E-state index in [1.165, 1.54) is 16.8 Å². The number of halogens is 1. The van der Waals surface area contributed by atoms with E-state index in [2.05, 4.69) is 5.32 Å². The van der Waals surface area contributed by atoms with Crippen molar-refractivity contribution in [3.63, 3.8) is 0 Å². The summed E-state index contributed by atoms with van der Waals surface area (Å²) in [6.07, 6.45) is -0.0217. The maximum atomic E-state index is 14.1. The molecule has 2 amide bonds. The summed E-state index contributed by atoms with van der Waals surface area (Å²) in [5, 5.41) is 2.78. The number of nitrogens with one attached hydrogen (secondary N) is 1. The highest BCUT2D eigenvalue weighted by atomic mass is 19.1. The van der Waals surface area contributed by atoms with E-state index in [0.29, 0.717) is 18.3 Å². The van der Waals surface area contributed by atoms with Crippen LogP contribution in [0.3, 0.4) is 0 Å². The van der Waals surface area contributed by atoms with Gasteiger partial charge in [0.15, 0.2) is 0 Å². The van der Waals surface area contributed by atoms with Gasteiger partial charge in [-0.2, -0.15) is 0 Å². The second kappa shape index (κ2) is 11.1. The third kappa shape index (κ3) is 7.24. The molecule has 1 aliphatic rings. The lowest BCUT2D eigenvalue weighted by molar-refractivity contribution is 0.127. The Labute approximate surface area is 195 Å². The summed E-state index contributed by atoms with van der Waals surface area (Å²) in [6.45, 7) is 1.55. The number of piperidine rings is 1. The molecule has 1 N–H and O–H groups in total.